The van der Waals surface area contributed by atoms with Crippen LogP contribution in [0, 0.1) is 0 Å². The highest BCUT2D eigenvalue weighted by atomic mass is 32.2. The number of amides is 1. The van der Waals surface area contributed by atoms with Crippen molar-refractivity contribution < 1.29 is 4.79 Å². The maximum atomic E-state index is 11.0. The molecular weight excluding hydrogens is 184 g/mol. The van der Waals surface area contributed by atoms with Gasteiger partial charge in [-0.05, 0) is 6.07 Å². The van der Waals surface area contributed by atoms with Gasteiger partial charge in [0.05, 0.1) is 5.56 Å². The Bertz CT molecular complexity index is 312. The molecule has 4 heteroatoms. The van der Waals surface area contributed by atoms with Crippen LogP contribution in [0.4, 0.5) is 0 Å². The average Bonchev–Trinajstić information content (AvgIpc) is 2.03. The number of carbonyl (C=O) groups excluding carboxylic acids is 1. The van der Waals surface area contributed by atoms with Gasteiger partial charge in [-0.25, -0.2) is 0 Å². The van der Waals surface area contributed by atoms with Crippen LogP contribution in [0.15, 0.2) is 23.4 Å². The normalized spacial score (nSPS) is 10.4. The van der Waals surface area contributed by atoms with Gasteiger partial charge in [0.25, 0.3) is 5.91 Å². The lowest BCUT2D eigenvalue weighted by Crippen LogP contribution is -2.12. The minimum atomic E-state index is -0.420. The standard InChI is InChI=1S/C9H12N2OS/c1-6(2)13-8-3-4-11-5-7(8)9(10)12/h3-6H,1-2H3,(H2,10,12). The first-order chi connectivity index (χ1) is 6.11. The van der Waals surface area contributed by atoms with E-state index >= 15 is 0 Å². The van der Waals surface area contributed by atoms with Gasteiger partial charge in [0.2, 0.25) is 0 Å². The van der Waals surface area contributed by atoms with Crippen molar-refractivity contribution in [1.82, 2.24) is 4.98 Å². The molecular formula is C9H12N2OS. The predicted octanol–water partition coefficient (Wildman–Crippen LogP) is 1.68. The summed E-state index contributed by atoms with van der Waals surface area (Å²) in [5, 5.41) is 0.431. The minimum absolute atomic E-state index is 0.420. The second-order valence-corrected chi connectivity index (χ2v) is 4.52. The van der Waals surface area contributed by atoms with E-state index in [1.165, 1.54) is 6.20 Å². The second kappa shape index (κ2) is 4.28. The fraction of sp³-hybridized carbons (Fsp3) is 0.333. The Labute approximate surface area is 81.7 Å². The van der Waals surface area contributed by atoms with Crippen LogP contribution < -0.4 is 5.73 Å². The first kappa shape index (κ1) is 10.1. The third-order valence-electron chi connectivity index (χ3n) is 1.41. The van der Waals surface area contributed by atoms with Crippen molar-refractivity contribution in [3.05, 3.63) is 24.0 Å². The molecule has 0 bridgehead atoms. The van der Waals surface area contributed by atoms with Gasteiger partial charge in [0, 0.05) is 22.5 Å². The highest BCUT2D eigenvalue weighted by Gasteiger charge is 2.09. The molecule has 70 valence electrons. The number of rotatable bonds is 3. The minimum Gasteiger partial charge on any atom is -0.366 e. The van der Waals surface area contributed by atoms with E-state index in [-0.39, 0.29) is 0 Å². The van der Waals surface area contributed by atoms with Gasteiger partial charge in [0.15, 0.2) is 0 Å². The fourth-order valence-corrected chi connectivity index (χ4v) is 1.85. The molecule has 3 nitrogen and oxygen atoms in total. The summed E-state index contributed by atoms with van der Waals surface area (Å²) in [4.78, 5) is 15.7. The Hall–Kier alpha value is -1.03. The van der Waals surface area contributed by atoms with Crippen LogP contribution >= 0.6 is 11.8 Å². The number of primary amides is 1. The number of aromatic nitrogens is 1. The van der Waals surface area contributed by atoms with Gasteiger partial charge in [-0.1, -0.05) is 13.8 Å². The monoisotopic (exact) mass is 196 g/mol. The molecule has 0 aliphatic heterocycles. The molecule has 0 aromatic carbocycles. The van der Waals surface area contributed by atoms with Gasteiger partial charge < -0.3 is 5.73 Å². The molecule has 0 aliphatic rings. The van der Waals surface area contributed by atoms with Gasteiger partial charge in [-0.2, -0.15) is 0 Å². The van der Waals surface area contributed by atoms with Crippen molar-refractivity contribution in [3.8, 4) is 0 Å². The summed E-state index contributed by atoms with van der Waals surface area (Å²) in [6.45, 7) is 4.13. The van der Waals surface area contributed by atoms with Crippen LogP contribution in [0.5, 0.6) is 0 Å². The topological polar surface area (TPSA) is 56.0 Å². The van der Waals surface area contributed by atoms with Crippen molar-refractivity contribution in [2.45, 2.75) is 24.0 Å². The van der Waals surface area contributed by atoms with E-state index in [0.717, 1.165) is 4.90 Å². The van der Waals surface area contributed by atoms with Crippen molar-refractivity contribution in [1.29, 1.82) is 0 Å². The van der Waals surface area contributed by atoms with Gasteiger partial charge in [-0.3, -0.25) is 9.78 Å². The van der Waals surface area contributed by atoms with Gasteiger partial charge in [0.1, 0.15) is 0 Å². The third-order valence-corrected chi connectivity index (χ3v) is 2.49. The Kier molecular flexibility index (Phi) is 3.31. The smallest absolute Gasteiger partial charge is 0.251 e. The summed E-state index contributed by atoms with van der Waals surface area (Å²) in [5.41, 5.74) is 5.70. The maximum absolute atomic E-state index is 11.0. The zero-order valence-corrected chi connectivity index (χ0v) is 8.47. The number of hydrogen-bond acceptors (Lipinski definition) is 3. The highest BCUT2D eigenvalue weighted by molar-refractivity contribution is 8.00. The van der Waals surface area contributed by atoms with E-state index in [0.29, 0.717) is 10.8 Å². The first-order valence-corrected chi connectivity index (χ1v) is 4.89. The van der Waals surface area contributed by atoms with Gasteiger partial charge in [-0.15, -0.1) is 11.8 Å². The maximum Gasteiger partial charge on any atom is 0.251 e. The lowest BCUT2D eigenvalue weighted by atomic mass is 10.3. The first-order valence-electron chi connectivity index (χ1n) is 4.01. The number of hydrogen-bond donors (Lipinski definition) is 1. The molecule has 0 atom stereocenters. The molecule has 0 fully saturated rings. The summed E-state index contributed by atoms with van der Waals surface area (Å²) < 4.78 is 0. The van der Waals surface area contributed by atoms with E-state index in [4.69, 9.17) is 5.73 Å². The number of nitrogens with two attached hydrogens (primary N) is 1. The van der Waals surface area contributed by atoms with Crippen molar-refractivity contribution in [3.63, 3.8) is 0 Å². The Morgan fingerprint density at radius 1 is 1.62 bits per heavy atom. The number of nitrogens with zero attached hydrogens (tertiary/aromatic N) is 1. The van der Waals surface area contributed by atoms with Crippen LogP contribution in [0.2, 0.25) is 0 Å². The molecule has 0 radical (unpaired) electrons. The molecule has 0 spiro atoms. The van der Waals surface area contributed by atoms with Crippen molar-refractivity contribution in [2.24, 2.45) is 5.73 Å². The fourth-order valence-electron chi connectivity index (χ4n) is 0.923. The SMILES string of the molecule is CC(C)Sc1ccncc1C(N)=O. The summed E-state index contributed by atoms with van der Waals surface area (Å²) in [6, 6.07) is 1.81. The van der Waals surface area contributed by atoms with Crippen LogP contribution in [0.25, 0.3) is 0 Å². The highest BCUT2D eigenvalue weighted by Crippen LogP contribution is 2.25. The van der Waals surface area contributed by atoms with Crippen LogP contribution in [-0.2, 0) is 0 Å². The van der Waals surface area contributed by atoms with Crippen LogP contribution in [0.1, 0.15) is 24.2 Å². The number of thioether (sulfide) groups is 1. The van der Waals surface area contributed by atoms with E-state index < -0.39 is 5.91 Å². The molecule has 0 aliphatic carbocycles. The van der Waals surface area contributed by atoms with Crippen molar-refractivity contribution >= 4 is 17.7 Å². The number of pyridine rings is 1. The van der Waals surface area contributed by atoms with E-state index in [1.54, 1.807) is 18.0 Å². The molecule has 1 rings (SSSR count). The Morgan fingerprint density at radius 3 is 2.85 bits per heavy atom. The predicted molar refractivity (Wildman–Crippen MR) is 53.7 cm³/mol. The van der Waals surface area contributed by atoms with Crippen molar-refractivity contribution in [2.75, 3.05) is 0 Å². The third kappa shape index (κ3) is 2.73. The Balaban J connectivity index is 2.98. The van der Waals surface area contributed by atoms with Crippen LogP contribution in [0.3, 0.4) is 0 Å². The lowest BCUT2D eigenvalue weighted by molar-refractivity contribution is 0.0997. The summed E-state index contributed by atoms with van der Waals surface area (Å²) in [7, 11) is 0. The molecule has 13 heavy (non-hydrogen) atoms. The molecule has 0 saturated heterocycles. The lowest BCUT2D eigenvalue weighted by Gasteiger charge is -2.07. The zero-order chi connectivity index (χ0) is 9.84. The molecule has 1 heterocycles. The molecule has 2 N–H and O–H groups in total. The zero-order valence-electron chi connectivity index (χ0n) is 7.65. The number of carbonyl (C=O) groups is 1. The Morgan fingerprint density at radius 2 is 2.31 bits per heavy atom. The van der Waals surface area contributed by atoms with Gasteiger partial charge >= 0.3 is 0 Å². The summed E-state index contributed by atoms with van der Waals surface area (Å²) >= 11 is 1.61. The molecule has 0 saturated carbocycles. The quantitative estimate of drug-likeness (QED) is 0.748. The summed E-state index contributed by atoms with van der Waals surface area (Å²) in [6.07, 6.45) is 3.17. The molecule has 1 amide bonds. The van der Waals surface area contributed by atoms with E-state index in [2.05, 4.69) is 18.8 Å². The van der Waals surface area contributed by atoms with E-state index in [9.17, 15) is 4.79 Å². The average molecular weight is 196 g/mol. The largest absolute Gasteiger partial charge is 0.366 e. The summed E-state index contributed by atoms with van der Waals surface area (Å²) in [5.74, 6) is -0.420. The van der Waals surface area contributed by atoms with E-state index in [1.807, 2.05) is 6.07 Å². The second-order valence-electron chi connectivity index (χ2n) is 2.90. The van der Waals surface area contributed by atoms with Crippen LogP contribution in [-0.4, -0.2) is 16.1 Å². The molecule has 1 aromatic heterocycles. The molecule has 1 aromatic rings. The molecule has 0 unspecified atom stereocenters.